The van der Waals surface area contributed by atoms with Gasteiger partial charge < -0.3 is 9.67 Å². The Morgan fingerprint density at radius 2 is 2.17 bits per heavy atom. The monoisotopic (exact) mass is 243 g/mol. The minimum Gasteiger partial charge on any atom is -0.396 e. The van der Waals surface area contributed by atoms with Crippen LogP contribution >= 0.6 is 0 Å². The van der Waals surface area contributed by atoms with Crippen LogP contribution in [0.25, 0.3) is 10.9 Å². The van der Waals surface area contributed by atoms with Gasteiger partial charge in [-0.2, -0.15) is 0 Å². The van der Waals surface area contributed by atoms with Gasteiger partial charge in [-0.15, -0.1) is 0 Å². The van der Waals surface area contributed by atoms with Gasteiger partial charge in [0.2, 0.25) is 0 Å². The van der Waals surface area contributed by atoms with E-state index in [1.807, 2.05) is 0 Å². The van der Waals surface area contributed by atoms with E-state index in [-0.39, 0.29) is 0 Å². The van der Waals surface area contributed by atoms with E-state index in [1.165, 1.54) is 42.3 Å². The standard InChI is InChI=1S/C16H21NO/c1-17-15-7-3-2-6-13(15)14-11-12(5-4-10-18)8-9-16(14)17/h2-3,6-7,12,18H,4-5,8-11H2,1H3/t12-/m1/s1. The molecular formula is C16H21NO. The van der Waals surface area contributed by atoms with E-state index >= 15 is 0 Å². The molecule has 0 amide bonds. The summed E-state index contributed by atoms with van der Waals surface area (Å²) in [4.78, 5) is 0. The van der Waals surface area contributed by atoms with Crippen molar-refractivity contribution in [2.45, 2.75) is 32.1 Å². The molecule has 0 unspecified atom stereocenters. The molecule has 3 rings (SSSR count). The molecule has 1 aromatic carbocycles. The molecule has 1 aliphatic carbocycles. The number of benzene rings is 1. The third-order valence-electron chi connectivity index (χ3n) is 4.40. The SMILES string of the molecule is Cn1c2c(c3ccccc31)C[C@H](CCCO)CC2. The topological polar surface area (TPSA) is 25.2 Å². The summed E-state index contributed by atoms with van der Waals surface area (Å²) in [5, 5.41) is 10.4. The molecule has 96 valence electrons. The van der Waals surface area contributed by atoms with Crippen LogP contribution in [0.3, 0.4) is 0 Å². The Kier molecular flexibility index (Phi) is 3.13. The van der Waals surface area contributed by atoms with Crippen LogP contribution in [0, 0.1) is 5.92 Å². The van der Waals surface area contributed by atoms with Crippen molar-refractivity contribution < 1.29 is 5.11 Å². The molecule has 2 aromatic rings. The third-order valence-corrected chi connectivity index (χ3v) is 4.40. The Hall–Kier alpha value is -1.28. The summed E-state index contributed by atoms with van der Waals surface area (Å²) in [5.41, 5.74) is 4.45. The quantitative estimate of drug-likeness (QED) is 0.880. The zero-order valence-corrected chi connectivity index (χ0v) is 11.0. The molecule has 1 aliphatic rings. The number of hydrogen-bond donors (Lipinski definition) is 1. The van der Waals surface area contributed by atoms with Crippen LogP contribution in [0.2, 0.25) is 0 Å². The molecular weight excluding hydrogens is 222 g/mol. The van der Waals surface area contributed by atoms with Crippen LogP contribution in [-0.4, -0.2) is 16.3 Å². The predicted molar refractivity (Wildman–Crippen MR) is 74.8 cm³/mol. The van der Waals surface area contributed by atoms with E-state index < -0.39 is 0 Å². The smallest absolute Gasteiger partial charge is 0.0482 e. The van der Waals surface area contributed by atoms with Gasteiger partial charge in [-0.1, -0.05) is 18.2 Å². The minimum absolute atomic E-state index is 0.332. The van der Waals surface area contributed by atoms with Gasteiger partial charge in [0.05, 0.1) is 0 Å². The molecule has 1 N–H and O–H groups in total. The van der Waals surface area contributed by atoms with Gasteiger partial charge in [0, 0.05) is 30.3 Å². The molecule has 1 atom stereocenters. The first-order valence-electron chi connectivity index (χ1n) is 6.97. The number of fused-ring (bicyclic) bond motifs is 3. The largest absolute Gasteiger partial charge is 0.396 e. The van der Waals surface area contributed by atoms with Gasteiger partial charge in [0.1, 0.15) is 0 Å². The normalized spacial score (nSPS) is 19.1. The Morgan fingerprint density at radius 3 is 3.00 bits per heavy atom. The van der Waals surface area contributed by atoms with Crippen LogP contribution in [-0.2, 0) is 19.9 Å². The Balaban J connectivity index is 1.97. The van der Waals surface area contributed by atoms with Crippen LogP contribution in [0.15, 0.2) is 24.3 Å². The first kappa shape index (κ1) is 11.8. The van der Waals surface area contributed by atoms with Gasteiger partial charge in [-0.05, 0) is 49.7 Å². The molecule has 1 aromatic heterocycles. The predicted octanol–water partition coefficient (Wildman–Crippen LogP) is 3.06. The molecule has 1 heterocycles. The van der Waals surface area contributed by atoms with Gasteiger partial charge in [-0.25, -0.2) is 0 Å². The number of aliphatic hydroxyl groups excluding tert-OH is 1. The zero-order valence-electron chi connectivity index (χ0n) is 11.0. The highest BCUT2D eigenvalue weighted by molar-refractivity contribution is 5.85. The van der Waals surface area contributed by atoms with Crippen molar-refractivity contribution in [2.75, 3.05) is 6.61 Å². The number of aliphatic hydroxyl groups is 1. The van der Waals surface area contributed by atoms with Gasteiger partial charge in [0.25, 0.3) is 0 Å². The van der Waals surface area contributed by atoms with Crippen LogP contribution in [0.5, 0.6) is 0 Å². The second kappa shape index (κ2) is 4.77. The van der Waals surface area contributed by atoms with E-state index in [0.29, 0.717) is 6.61 Å². The zero-order chi connectivity index (χ0) is 12.5. The lowest BCUT2D eigenvalue weighted by Gasteiger charge is -2.23. The highest BCUT2D eigenvalue weighted by Crippen LogP contribution is 2.35. The molecule has 0 spiro atoms. The summed E-state index contributed by atoms with van der Waals surface area (Å²) < 4.78 is 2.37. The van der Waals surface area contributed by atoms with E-state index in [1.54, 1.807) is 5.56 Å². The van der Waals surface area contributed by atoms with Crippen molar-refractivity contribution in [3.8, 4) is 0 Å². The average molecular weight is 243 g/mol. The first-order chi connectivity index (χ1) is 8.81. The lowest BCUT2D eigenvalue weighted by atomic mass is 9.84. The minimum atomic E-state index is 0.332. The molecule has 2 nitrogen and oxygen atoms in total. The van der Waals surface area contributed by atoms with Crippen molar-refractivity contribution >= 4 is 10.9 Å². The van der Waals surface area contributed by atoms with E-state index in [4.69, 9.17) is 5.11 Å². The summed E-state index contributed by atoms with van der Waals surface area (Å²) in [7, 11) is 2.19. The van der Waals surface area contributed by atoms with E-state index in [9.17, 15) is 0 Å². The molecule has 2 heteroatoms. The number of nitrogens with zero attached hydrogens (tertiary/aromatic N) is 1. The van der Waals surface area contributed by atoms with E-state index in [2.05, 4.69) is 35.9 Å². The van der Waals surface area contributed by atoms with Crippen LogP contribution in [0.4, 0.5) is 0 Å². The summed E-state index contributed by atoms with van der Waals surface area (Å²) in [6.45, 7) is 0.332. The van der Waals surface area contributed by atoms with Crippen LogP contribution in [0.1, 0.15) is 30.5 Å². The lowest BCUT2D eigenvalue weighted by molar-refractivity contribution is 0.266. The second-order valence-corrected chi connectivity index (χ2v) is 5.48. The third kappa shape index (κ3) is 1.85. The van der Waals surface area contributed by atoms with Gasteiger partial charge in [0.15, 0.2) is 0 Å². The number of para-hydroxylation sites is 1. The highest BCUT2D eigenvalue weighted by atomic mass is 16.2. The fraction of sp³-hybridized carbons (Fsp3) is 0.500. The van der Waals surface area contributed by atoms with Crippen molar-refractivity contribution in [3.05, 3.63) is 35.5 Å². The summed E-state index contributed by atoms with van der Waals surface area (Å²) in [6, 6.07) is 8.73. The number of aromatic nitrogens is 1. The summed E-state index contributed by atoms with van der Waals surface area (Å²) >= 11 is 0. The molecule has 0 bridgehead atoms. The molecule has 0 fully saturated rings. The highest BCUT2D eigenvalue weighted by Gasteiger charge is 2.23. The fourth-order valence-corrected chi connectivity index (χ4v) is 3.43. The lowest BCUT2D eigenvalue weighted by Crippen LogP contribution is -2.15. The Morgan fingerprint density at radius 1 is 1.33 bits per heavy atom. The maximum atomic E-state index is 8.96. The Bertz CT molecular complexity index is 555. The molecule has 0 saturated carbocycles. The number of aryl methyl sites for hydroxylation is 1. The van der Waals surface area contributed by atoms with Crippen molar-refractivity contribution in [3.63, 3.8) is 0 Å². The molecule has 0 aliphatic heterocycles. The van der Waals surface area contributed by atoms with Crippen molar-refractivity contribution in [1.82, 2.24) is 4.57 Å². The maximum absolute atomic E-state index is 8.96. The second-order valence-electron chi connectivity index (χ2n) is 5.48. The fourth-order valence-electron chi connectivity index (χ4n) is 3.43. The van der Waals surface area contributed by atoms with Gasteiger partial charge >= 0.3 is 0 Å². The maximum Gasteiger partial charge on any atom is 0.0482 e. The van der Waals surface area contributed by atoms with Gasteiger partial charge in [-0.3, -0.25) is 0 Å². The molecule has 18 heavy (non-hydrogen) atoms. The number of rotatable bonds is 3. The van der Waals surface area contributed by atoms with E-state index in [0.717, 1.165) is 12.3 Å². The molecule has 0 saturated heterocycles. The Labute approximate surface area is 108 Å². The average Bonchev–Trinajstić information content (AvgIpc) is 2.71. The number of hydrogen-bond acceptors (Lipinski definition) is 1. The summed E-state index contributed by atoms with van der Waals surface area (Å²) in [6.07, 6.45) is 5.77. The first-order valence-corrected chi connectivity index (χ1v) is 6.97. The van der Waals surface area contributed by atoms with Crippen molar-refractivity contribution in [1.29, 1.82) is 0 Å². The molecule has 0 radical (unpaired) electrons. The van der Waals surface area contributed by atoms with Crippen LogP contribution < -0.4 is 0 Å². The summed E-state index contributed by atoms with van der Waals surface area (Å²) in [5.74, 6) is 0.760. The van der Waals surface area contributed by atoms with Crippen molar-refractivity contribution in [2.24, 2.45) is 13.0 Å².